The summed E-state index contributed by atoms with van der Waals surface area (Å²) in [6.45, 7) is 4.25. The van der Waals surface area contributed by atoms with Gasteiger partial charge in [0.15, 0.2) is 5.96 Å². The molecule has 10 heteroatoms. The van der Waals surface area contributed by atoms with Crippen LogP contribution in [0.15, 0.2) is 29.3 Å². The molecule has 0 aliphatic carbocycles. The maximum absolute atomic E-state index is 12.2. The standard InChI is InChI=1S/C21H36N4O4S.HI/c1-17(18-7-9-19(28-3)10-8-18)11-12-23-21(22-2)24-13-15-30(26,27)25-16-20-6-4-5-14-29-20;/h7-10,17,20,25H,4-6,11-16H2,1-3H3,(H2,22,23,24);1H. The number of rotatable bonds is 11. The van der Waals surface area contributed by atoms with Crippen LogP contribution < -0.4 is 20.1 Å². The van der Waals surface area contributed by atoms with Crippen molar-refractivity contribution in [3.05, 3.63) is 29.8 Å². The Labute approximate surface area is 204 Å². The Hall–Kier alpha value is -1.11. The second-order valence-electron chi connectivity index (χ2n) is 7.54. The van der Waals surface area contributed by atoms with Gasteiger partial charge in [-0.25, -0.2) is 13.1 Å². The summed E-state index contributed by atoms with van der Waals surface area (Å²) in [6, 6.07) is 8.09. The van der Waals surface area contributed by atoms with Gasteiger partial charge in [-0.2, -0.15) is 0 Å². The zero-order valence-corrected chi connectivity index (χ0v) is 21.9. The number of ether oxygens (including phenoxy) is 2. The van der Waals surface area contributed by atoms with Gasteiger partial charge >= 0.3 is 0 Å². The van der Waals surface area contributed by atoms with Gasteiger partial charge in [-0.05, 0) is 49.3 Å². The number of aliphatic imine (C=N–C) groups is 1. The van der Waals surface area contributed by atoms with Crippen molar-refractivity contribution in [3.63, 3.8) is 0 Å². The first kappa shape index (κ1) is 27.9. The number of nitrogens with zero attached hydrogens (tertiary/aromatic N) is 1. The highest BCUT2D eigenvalue weighted by Gasteiger charge is 2.17. The molecule has 31 heavy (non-hydrogen) atoms. The maximum Gasteiger partial charge on any atom is 0.213 e. The summed E-state index contributed by atoms with van der Waals surface area (Å²) in [5.74, 6) is 1.82. The first-order valence-corrected chi connectivity index (χ1v) is 12.3. The Kier molecular flexibility index (Phi) is 13.4. The minimum atomic E-state index is -3.35. The minimum absolute atomic E-state index is 0. The second-order valence-corrected chi connectivity index (χ2v) is 9.47. The molecule has 8 nitrogen and oxygen atoms in total. The van der Waals surface area contributed by atoms with Crippen molar-refractivity contribution in [2.45, 2.75) is 44.6 Å². The zero-order valence-electron chi connectivity index (χ0n) is 18.7. The molecule has 1 aliphatic rings. The topological polar surface area (TPSA) is 101 Å². The molecular weight excluding hydrogens is 531 g/mol. The molecule has 0 radical (unpaired) electrons. The molecule has 3 N–H and O–H groups in total. The molecular formula is C21H37IN4O4S. The van der Waals surface area contributed by atoms with Crippen LogP contribution >= 0.6 is 24.0 Å². The van der Waals surface area contributed by atoms with Crippen molar-refractivity contribution in [1.82, 2.24) is 15.4 Å². The molecule has 0 saturated carbocycles. The van der Waals surface area contributed by atoms with Gasteiger partial charge in [0.05, 0.1) is 19.0 Å². The molecule has 1 aromatic carbocycles. The number of methoxy groups -OCH3 is 1. The lowest BCUT2D eigenvalue weighted by Gasteiger charge is -2.22. The van der Waals surface area contributed by atoms with Gasteiger partial charge in [-0.1, -0.05) is 19.1 Å². The largest absolute Gasteiger partial charge is 0.497 e. The lowest BCUT2D eigenvalue weighted by molar-refractivity contribution is 0.0200. The van der Waals surface area contributed by atoms with E-state index in [1.807, 2.05) is 12.1 Å². The van der Waals surface area contributed by atoms with Crippen LogP contribution in [0.2, 0.25) is 0 Å². The average molecular weight is 569 g/mol. The van der Waals surface area contributed by atoms with Crippen LogP contribution in [0.4, 0.5) is 0 Å². The molecule has 2 atom stereocenters. The summed E-state index contributed by atoms with van der Waals surface area (Å²) in [7, 11) is -0.00994. The van der Waals surface area contributed by atoms with E-state index in [0.717, 1.165) is 38.0 Å². The minimum Gasteiger partial charge on any atom is -0.497 e. The van der Waals surface area contributed by atoms with Gasteiger partial charge in [0.25, 0.3) is 0 Å². The normalized spacial score (nSPS) is 18.0. The lowest BCUT2D eigenvalue weighted by atomic mass is 9.98. The Morgan fingerprint density at radius 1 is 1.23 bits per heavy atom. The van der Waals surface area contributed by atoms with E-state index >= 15 is 0 Å². The van der Waals surface area contributed by atoms with E-state index in [1.54, 1.807) is 14.2 Å². The first-order valence-electron chi connectivity index (χ1n) is 10.6. The van der Waals surface area contributed by atoms with Crippen LogP contribution in [0.3, 0.4) is 0 Å². The highest BCUT2D eigenvalue weighted by Crippen LogP contribution is 2.21. The number of halogens is 1. The number of benzene rings is 1. The van der Waals surface area contributed by atoms with Crippen LogP contribution in [0.5, 0.6) is 5.75 Å². The van der Waals surface area contributed by atoms with E-state index in [9.17, 15) is 8.42 Å². The van der Waals surface area contributed by atoms with Crippen molar-refractivity contribution in [2.75, 3.05) is 46.2 Å². The number of hydrogen-bond donors (Lipinski definition) is 3. The Balaban J connectivity index is 0.00000480. The summed E-state index contributed by atoms with van der Waals surface area (Å²) in [6.07, 6.45) is 3.97. The Bertz CT molecular complexity index is 753. The fourth-order valence-electron chi connectivity index (χ4n) is 3.29. The number of nitrogens with one attached hydrogen (secondary N) is 3. The van der Waals surface area contributed by atoms with Gasteiger partial charge < -0.3 is 20.1 Å². The SMILES string of the molecule is CN=C(NCCC(C)c1ccc(OC)cc1)NCCS(=O)(=O)NCC1CCCCO1.I. The summed E-state index contributed by atoms with van der Waals surface area (Å²) in [5.41, 5.74) is 1.25. The summed E-state index contributed by atoms with van der Waals surface area (Å²) >= 11 is 0. The van der Waals surface area contributed by atoms with Crippen molar-refractivity contribution >= 4 is 40.0 Å². The van der Waals surface area contributed by atoms with Gasteiger partial charge in [0.1, 0.15) is 5.75 Å². The zero-order chi connectivity index (χ0) is 21.8. The highest BCUT2D eigenvalue weighted by molar-refractivity contribution is 14.0. The van der Waals surface area contributed by atoms with Crippen LogP contribution in [0, 0.1) is 0 Å². The van der Waals surface area contributed by atoms with Crippen LogP contribution in [-0.2, 0) is 14.8 Å². The molecule has 2 rings (SSSR count). The molecule has 0 aromatic heterocycles. The van der Waals surface area contributed by atoms with Gasteiger partial charge in [-0.15, -0.1) is 24.0 Å². The molecule has 0 bridgehead atoms. The van der Waals surface area contributed by atoms with E-state index in [2.05, 4.69) is 39.4 Å². The molecule has 178 valence electrons. The van der Waals surface area contributed by atoms with Gasteiger partial charge in [0, 0.05) is 33.3 Å². The molecule has 0 spiro atoms. The van der Waals surface area contributed by atoms with E-state index in [0.29, 0.717) is 25.0 Å². The summed E-state index contributed by atoms with van der Waals surface area (Å²) in [4.78, 5) is 4.16. The van der Waals surface area contributed by atoms with Gasteiger partial charge in [0.2, 0.25) is 10.0 Å². The fraction of sp³-hybridized carbons (Fsp3) is 0.667. The average Bonchev–Trinajstić information content (AvgIpc) is 2.77. The lowest BCUT2D eigenvalue weighted by Crippen LogP contribution is -2.42. The predicted octanol–water partition coefficient (Wildman–Crippen LogP) is 2.46. The van der Waals surface area contributed by atoms with E-state index in [1.165, 1.54) is 5.56 Å². The van der Waals surface area contributed by atoms with Crippen LogP contribution in [0.25, 0.3) is 0 Å². The fourth-order valence-corrected chi connectivity index (χ4v) is 4.25. The summed E-state index contributed by atoms with van der Waals surface area (Å²) in [5, 5.41) is 6.31. The van der Waals surface area contributed by atoms with Crippen molar-refractivity contribution in [1.29, 1.82) is 0 Å². The maximum atomic E-state index is 12.2. The molecule has 1 fully saturated rings. The summed E-state index contributed by atoms with van der Waals surface area (Å²) < 4.78 is 37.7. The van der Waals surface area contributed by atoms with Crippen molar-refractivity contribution in [2.24, 2.45) is 4.99 Å². The third-order valence-electron chi connectivity index (χ3n) is 5.25. The Morgan fingerprint density at radius 3 is 2.55 bits per heavy atom. The predicted molar refractivity (Wildman–Crippen MR) is 136 cm³/mol. The number of sulfonamides is 1. The molecule has 1 aromatic rings. The van der Waals surface area contributed by atoms with E-state index in [-0.39, 0.29) is 42.4 Å². The molecule has 2 unspecified atom stereocenters. The monoisotopic (exact) mass is 568 g/mol. The van der Waals surface area contributed by atoms with Crippen molar-refractivity contribution < 1.29 is 17.9 Å². The third kappa shape index (κ3) is 10.8. The number of hydrogen-bond acceptors (Lipinski definition) is 5. The highest BCUT2D eigenvalue weighted by atomic mass is 127. The molecule has 1 saturated heterocycles. The van der Waals surface area contributed by atoms with Crippen LogP contribution in [0.1, 0.15) is 44.1 Å². The molecule has 1 heterocycles. The molecule has 0 amide bonds. The Morgan fingerprint density at radius 2 is 1.94 bits per heavy atom. The van der Waals surface area contributed by atoms with E-state index in [4.69, 9.17) is 9.47 Å². The molecule has 1 aliphatic heterocycles. The van der Waals surface area contributed by atoms with Gasteiger partial charge in [-0.3, -0.25) is 4.99 Å². The van der Waals surface area contributed by atoms with Crippen molar-refractivity contribution in [3.8, 4) is 5.75 Å². The van der Waals surface area contributed by atoms with E-state index < -0.39 is 10.0 Å². The third-order valence-corrected chi connectivity index (χ3v) is 6.59. The first-order chi connectivity index (χ1) is 14.4. The smallest absolute Gasteiger partial charge is 0.213 e. The number of guanidine groups is 1. The second kappa shape index (κ2) is 14.9. The van der Waals surface area contributed by atoms with Crippen LogP contribution in [-0.4, -0.2) is 66.6 Å². The quantitative estimate of drug-likeness (QED) is 0.216.